The van der Waals surface area contributed by atoms with Crippen molar-refractivity contribution < 1.29 is 13.2 Å². The minimum Gasteiger partial charge on any atom is -0.485 e. The van der Waals surface area contributed by atoms with E-state index >= 15 is 0 Å². The van der Waals surface area contributed by atoms with Crippen LogP contribution in [0.3, 0.4) is 0 Å². The summed E-state index contributed by atoms with van der Waals surface area (Å²) in [7, 11) is -3.67. The Balaban J connectivity index is 2.20. The van der Waals surface area contributed by atoms with Crippen molar-refractivity contribution in [2.45, 2.75) is 30.3 Å². The molecule has 0 heterocycles. The smallest absolute Gasteiger partial charge is 0.238 e. The normalized spacial score (nSPS) is 19.8. The third-order valence-electron chi connectivity index (χ3n) is 2.72. The van der Waals surface area contributed by atoms with E-state index in [2.05, 4.69) is 22.0 Å². The first kappa shape index (κ1) is 13.6. The van der Waals surface area contributed by atoms with Crippen LogP contribution >= 0.6 is 15.9 Å². The number of rotatable bonds is 3. The molecule has 0 aliphatic heterocycles. The van der Waals surface area contributed by atoms with Crippen LogP contribution < -0.4 is 9.88 Å². The molecule has 1 aromatic rings. The summed E-state index contributed by atoms with van der Waals surface area (Å²) in [5, 5.41) is 5.06. The molecule has 1 unspecified atom stereocenters. The average molecular weight is 332 g/mol. The van der Waals surface area contributed by atoms with Gasteiger partial charge in [-0.15, -0.1) is 0 Å². The zero-order valence-electron chi connectivity index (χ0n) is 9.67. The zero-order valence-corrected chi connectivity index (χ0v) is 12.1. The van der Waals surface area contributed by atoms with Crippen molar-refractivity contribution in [3.63, 3.8) is 0 Å². The molecular weight excluding hydrogens is 318 g/mol. The molecule has 0 amide bonds. The average Bonchev–Trinajstić information content (AvgIpc) is 2.32. The van der Waals surface area contributed by atoms with Crippen LogP contribution in [-0.2, 0) is 10.0 Å². The van der Waals surface area contributed by atoms with Crippen LogP contribution in [0.4, 0.5) is 0 Å². The van der Waals surface area contributed by atoms with Crippen LogP contribution in [0.25, 0.3) is 0 Å². The van der Waals surface area contributed by atoms with E-state index in [1.807, 2.05) is 6.08 Å². The van der Waals surface area contributed by atoms with Gasteiger partial charge in [-0.2, -0.15) is 0 Å². The molecule has 1 aliphatic carbocycles. The summed E-state index contributed by atoms with van der Waals surface area (Å²) in [6.45, 7) is 0. The van der Waals surface area contributed by atoms with Gasteiger partial charge in [-0.05, 0) is 59.5 Å². The summed E-state index contributed by atoms with van der Waals surface area (Å²) in [5.41, 5.74) is 0. The molecule has 1 atom stereocenters. The summed E-state index contributed by atoms with van der Waals surface area (Å²) in [6, 6.07) is 4.52. The molecule has 98 valence electrons. The minimum absolute atomic E-state index is 0.0513. The third kappa shape index (κ3) is 3.34. The van der Waals surface area contributed by atoms with Crippen molar-refractivity contribution >= 4 is 26.0 Å². The zero-order chi connectivity index (χ0) is 13.2. The molecule has 2 rings (SSSR count). The number of hydrogen-bond acceptors (Lipinski definition) is 3. The quantitative estimate of drug-likeness (QED) is 0.865. The van der Waals surface area contributed by atoms with Crippen LogP contribution in [-0.4, -0.2) is 14.5 Å². The van der Waals surface area contributed by atoms with Crippen molar-refractivity contribution in [2.75, 3.05) is 0 Å². The molecule has 0 saturated heterocycles. The van der Waals surface area contributed by atoms with E-state index in [0.29, 0.717) is 10.2 Å². The summed E-state index contributed by atoms with van der Waals surface area (Å²) in [4.78, 5) is 0.0703. The number of hydrogen-bond donors (Lipinski definition) is 1. The molecule has 0 fully saturated rings. The van der Waals surface area contributed by atoms with Crippen LogP contribution in [0.15, 0.2) is 39.7 Å². The van der Waals surface area contributed by atoms with Gasteiger partial charge in [-0.3, -0.25) is 0 Å². The maximum atomic E-state index is 11.2. The summed E-state index contributed by atoms with van der Waals surface area (Å²) < 4.78 is 28.8. The SMILES string of the molecule is NS(=O)(=O)c1ccc(OC2C=CCCC2)c(Br)c1. The van der Waals surface area contributed by atoms with Gasteiger partial charge in [0.15, 0.2) is 0 Å². The topological polar surface area (TPSA) is 69.4 Å². The van der Waals surface area contributed by atoms with Crippen molar-refractivity contribution in [3.8, 4) is 5.75 Å². The predicted molar refractivity (Wildman–Crippen MR) is 72.9 cm³/mol. The molecule has 0 spiro atoms. The maximum Gasteiger partial charge on any atom is 0.238 e. The lowest BCUT2D eigenvalue weighted by Crippen LogP contribution is -2.16. The van der Waals surface area contributed by atoms with Gasteiger partial charge in [-0.25, -0.2) is 13.6 Å². The van der Waals surface area contributed by atoms with E-state index in [0.717, 1.165) is 19.3 Å². The number of allylic oxidation sites excluding steroid dienone is 1. The van der Waals surface area contributed by atoms with E-state index in [-0.39, 0.29) is 11.0 Å². The van der Waals surface area contributed by atoms with E-state index in [1.54, 1.807) is 6.07 Å². The Morgan fingerprint density at radius 3 is 2.72 bits per heavy atom. The van der Waals surface area contributed by atoms with Crippen molar-refractivity contribution in [1.82, 2.24) is 0 Å². The molecule has 0 saturated carbocycles. The molecule has 6 heteroatoms. The number of sulfonamides is 1. The standard InChI is InChI=1S/C12H14BrNO3S/c13-11-8-10(18(14,15)16)6-7-12(11)17-9-4-2-1-3-5-9/h2,4,6-9H,1,3,5H2,(H2,14,15,16). The fourth-order valence-electron chi connectivity index (χ4n) is 1.80. The number of benzene rings is 1. The van der Waals surface area contributed by atoms with Crippen molar-refractivity contribution in [1.29, 1.82) is 0 Å². The highest BCUT2D eigenvalue weighted by Gasteiger charge is 2.14. The molecule has 2 N–H and O–H groups in total. The Hall–Kier alpha value is -0.850. The second-order valence-electron chi connectivity index (χ2n) is 4.15. The molecule has 18 heavy (non-hydrogen) atoms. The Morgan fingerprint density at radius 1 is 1.39 bits per heavy atom. The number of ether oxygens (including phenoxy) is 1. The molecule has 0 aromatic heterocycles. The minimum atomic E-state index is -3.67. The molecule has 0 bridgehead atoms. The highest BCUT2D eigenvalue weighted by Crippen LogP contribution is 2.29. The number of halogens is 1. The Bertz CT molecular complexity index is 569. The Labute approximate surface area is 115 Å². The molecule has 0 radical (unpaired) electrons. The van der Waals surface area contributed by atoms with Gasteiger partial charge in [0.2, 0.25) is 10.0 Å². The van der Waals surface area contributed by atoms with Gasteiger partial charge < -0.3 is 4.74 Å². The number of primary sulfonamides is 1. The van der Waals surface area contributed by atoms with Gasteiger partial charge in [0.25, 0.3) is 0 Å². The van der Waals surface area contributed by atoms with Gasteiger partial charge >= 0.3 is 0 Å². The molecule has 1 aromatic carbocycles. The fraction of sp³-hybridized carbons (Fsp3) is 0.333. The van der Waals surface area contributed by atoms with Gasteiger partial charge in [-0.1, -0.05) is 6.08 Å². The van der Waals surface area contributed by atoms with E-state index in [4.69, 9.17) is 9.88 Å². The first-order valence-corrected chi connectivity index (χ1v) is 7.96. The first-order valence-electron chi connectivity index (χ1n) is 5.62. The summed E-state index contributed by atoms with van der Waals surface area (Å²) >= 11 is 3.30. The molecule has 4 nitrogen and oxygen atoms in total. The lowest BCUT2D eigenvalue weighted by Gasteiger charge is -2.19. The number of nitrogens with two attached hydrogens (primary N) is 1. The second-order valence-corrected chi connectivity index (χ2v) is 6.57. The highest BCUT2D eigenvalue weighted by atomic mass is 79.9. The highest BCUT2D eigenvalue weighted by molar-refractivity contribution is 9.10. The first-order chi connectivity index (χ1) is 8.47. The van der Waals surface area contributed by atoms with E-state index < -0.39 is 10.0 Å². The lowest BCUT2D eigenvalue weighted by molar-refractivity contribution is 0.228. The van der Waals surface area contributed by atoms with Crippen LogP contribution in [0, 0.1) is 0 Å². The van der Waals surface area contributed by atoms with Crippen LogP contribution in [0.1, 0.15) is 19.3 Å². The van der Waals surface area contributed by atoms with Crippen molar-refractivity contribution in [2.24, 2.45) is 5.14 Å². The van der Waals surface area contributed by atoms with Crippen molar-refractivity contribution in [3.05, 3.63) is 34.8 Å². The third-order valence-corrected chi connectivity index (χ3v) is 4.25. The monoisotopic (exact) mass is 331 g/mol. The summed E-state index contributed by atoms with van der Waals surface area (Å²) in [5.74, 6) is 0.624. The van der Waals surface area contributed by atoms with Gasteiger partial charge in [0.05, 0.1) is 9.37 Å². The fourth-order valence-corrected chi connectivity index (χ4v) is 2.96. The van der Waals surface area contributed by atoms with E-state index in [1.165, 1.54) is 12.1 Å². The Kier molecular flexibility index (Phi) is 4.09. The predicted octanol–water partition coefficient (Wildman–Crippen LogP) is 2.58. The van der Waals surface area contributed by atoms with E-state index in [9.17, 15) is 8.42 Å². The van der Waals surface area contributed by atoms with Crippen LogP contribution in [0.5, 0.6) is 5.75 Å². The lowest BCUT2D eigenvalue weighted by atomic mass is 10.1. The molecular formula is C12H14BrNO3S. The summed E-state index contributed by atoms with van der Waals surface area (Å²) in [6.07, 6.45) is 7.35. The molecule has 1 aliphatic rings. The van der Waals surface area contributed by atoms with Gasteiger partial charge in [0, 0.05) is 0 Å². The second kappa shape index (κ2) is 5.42. The Morgan fingerprint density at radius 2 is 2.17 bits per heavy atom. The maximum absolute atomic E-state index is 11.2. The van der Waals surface area contributed by atoms with Crippen LogP contribution in [0.2, 0.25) is 0 Å². The van der Waals surface area contributed by atoms with Gasteiger partial charge in [0.1, 0.15) is 11.9 Å². The largest absolute Gasteiger partial charge is 0.485 e.